The molecule has 0 aliphatic carbocycles. The fraction of sp³-hybridized carbons (Fsp3) is 0.500. The van der Waals surface area contributed by atoms with Gasteiger partial charge in [-0.2, -0.15) is 0 Å². The number of fused-ring (bicyclic) bond motifs is 1. The van der Waals surface area contributed by atoms with Crippen LogP contribution in [0.5, 0.6) is 5.75 Å². The summed E-state index contributed by atoms with van der Waals surface area (Å²) in [4.78, 5) is 4.65. The molecular formula is C14H20N2OS. The Labute approximate surface area is 112 Å². The lowest BCUT2D eigenvalue weighted by Gasteiger charge is -2.07. The highest BCUT2D eigenvalue weighted by atomic mass is 32.1. The third-order valence-corrected chi connectivity index (χ3v) is 4.23. The Morgan fingerprint density at radius 2 is 2.22 bits per heavy atom. The SMILES string of the molecule is COc1ccc2nc(CCC(C)CCN)sc2c1. The Bertz CT molecular complexity index is 509. The molecule has 1 aromatic carbocycles. The summed E-state index contributed by atoms with van der Waals surface area (Å²) in [5, 5.41) is 1.21. The minimum absolute atomic E-state index is 0.677. The molecule has 0 spiro atoms. The van der Waals surface area contributed by atoms with Crippen molar-refractivity contribution in [2.45, 2.75) is 26.2 Å². The molecule has 0 aliphatic rings. The number of aromatic nitrogens is 1. The molecule has 0 radical (unpaired) electrons. The Morgan fingerprint density at radius 3 is 2.94 bits per heavy atom. The van der Waals surface area contributed by atoms with Crippen LogP contribution in [0.2, 0.25) is 0 Å². The van der Waals surface area contributed by atoms with E-state index in [1.165, 1.54) is 9.71 Å². The maximum atomic E-state index is 5.56. The van der Waals surface area contributed by atoms with Crippen LogP contribution in [0.1, 0.15) is 24.8 Å². The van der Waals surface area contributed by atoms with Crippen molar-refractivity contribution in [2.75, 3.05) is 13.7 Å². The third kappa shape index (κ3) is 3.21. The summed E-state index contributed by atoms with van der Waals surface area (Å²) in [7, 11) is 1.69. The minimum atomic E-state index is 0.677. The first-order valence-electron chi connectivity index (χ1n) is 6.36. The van der Waals surface area contributed by atoms with Gasteiger partial charge in [0.1, 0.15) is 5.75 Å². The minimum Gasteiger partial charge on any atom is -0.497 e. The number of nitrogens with zero attached hydrogens (tertiary/aromatic N) is 1. The molecule has 3 nitrogen and oxygen atoms in total. The van der Waals surface area contributed by atoms with Crippen molar-refractivity contribution in [2.24, 2.45) is 11.7 Å². The zero-order valence-corrected chi connectivity index (χ0v) is 11.8. The van der Waals surface area contributed by atoms with E-state index in [1.807, 2.05) is 12.1 Å². The first-order valence-corrected chi connectivity index (χ1v) is 7.18. The molecule has 1 heterocycles. The number of methoxy groups -OCH3 is 1. The maximum Gasteiger partial charge on any atom is 0.120 e. The second kappa shape index (κ2) is 6.16. The summed E-state index contributed by atoms with van der Waals surface area (Å²) in [6.07, 6.45) is 3.30. The number of benzene rings is 1. The monoisotopic (exact) mass is 264 g/mol. The molecule has 1 atom stereocenters. The van der Waals surface area contributed by atoms with Gasteiger partial charge in [0.25, 0.3) is 0 Å². The Morgan fingerprint density at radius 1 is 1.39 bits per heavy atom. The summed E-state index contributed by atoms with van der Waals surface area (Å²) in [5.74, 6) is 1.57. The summed E-state index contributed by atoms with van der Waals surface area (Å²) in [6.45, 7) is 3.03. The zero-order chi connectivity index (χ0) is 13.0. The van der Waals surface area contributed by atoms with Crippen LogP contribution in [0.3, 0.4) is 0 Å². The molecule has 0 amide bonds. The lowest BCUT2D eigenvalue weighted by atomic mass is 10.0. The van der Waals surface area contributed by atoms with Crippen molar-refractivity contribution in [3.05, 3.63) is 23.2 Å². The number of hydrogen-bond donors (Lipinski definition) is 1. The quantitative estimate of drug-likeness (QED) is 0.871. The standard InChI is InChI=1S/C14H20N2OS/c1-10(7-8-15)3-6-14-16-12-5-4-11(17-2)9-13(12)18-14/h4-5,9-10H,3,6-8,15H2,1-2H3. The molecule has 0 saturated heterocycles. The van der Waals surface area contributed by atoms with E-state index >= 15 is 0 Å². The predicted molar refractivity (Wildman–Crippen MR) is 77.3 cm³/mol. The van der Waals surface area contributed by atoms with Gasteiger partial charge < -0.3 is 10.5 Å². The smallest absolute Gasteiger partial charge is 0.120 e. The van der Waals surface area contributed by atoms with E-state index in [9.17, 15) is 0 Å². The summed E-state index contributed by atoms with van der Waals surface area (Å²) in [5.41, 5.74) is 6.64. The molecule has 0 bridgehead atoms. The van der Waals surface area contributed by atoms with Gasteiger partial charge in [-0.1, -0.05) is 6.92 Å². The fourth-order valence-corrected chi connectivity index (χ4v) is 3.00. The second-order valence-electron chi connectivity index (χ2n) is 4.66. The second-order valence-corrected chi connectivity index (χ2v) is 5.78. The average molecular weight is 264 g/mol. The van der Waals surface area contributed by atoms with Gasteiger partial charge in [-0.3, -0.25) is 0 Å². The van der Waals surface area contributed by atoms with Crippen LogP contribution in [0, 0.1) is 5.92 Å². The van der Waals surface area contributed by atoms with Crippen molar-refractivity contribution >= 4 is 21.6 Å². The van der Waals surface area contributed by atoms with Gasteiger partial charge in [0.05, 0.1) is 22.3 Å². The van der Waals surface area contributed by atoms with Gasteiger partial charge in [-0.25, -0.2) is 4.98 Å². The predicted octanol–water partition coefficient (Wildman–Crippen LogP) is 3.22. The van der Waals surface area contributed by atoms with Gasteiger partial charge in [0, 0.05) is 0 Å². The van der Waals surface area contributed by atoms with Crippen molar-refractivity contribution < 1.29 is 4.74 Å². The topological polar surface area (TPSA) is 48.1 Å². The normalized spacial score (nSPS) is 12.8. The highest BCUT2D eigenvalue weighted by Crippen LogP contribution is 2.27. The van der Waals surface area contributed by atoms with Crippen molar-refractivity contribution in [1.82, 2.24) is 4.98 Å². The number of nitrogens with two attached hydrogens (primary N) is 1. The van der Waals surface area contributed by atoms with Crippen LogP contribution in [0.4, 0.5) is 0 Å². The van der Waals surface area contributed by atoms with E-state index in [0.717, 1.165) is 37.1 Å². The summed E-state index contributed by atoms with van der Waals surface area (Å²) >= 11 is 1.76. The van der Waals surface area contributed by atoms with Crippen LogP contribution in [-0.4, -0.2) is 18.6 Å². The van der Waals surface area contributed by atoms with Gasteiger partial charge in [-0.15, -0.1) is 11.3 Å². The molecule has 1 aromatic heterocycles. The van der Waals surface area contributed by atoms with Crippen LogP contribution in [0.15, 0.2) is 18.2 Å². The van der Waals surface area contributed by atoms with E-state index in [0.29, 0.717) is 5.92 Å². The van der Waals surface area contributed by atoms with Crippen LogP contribution < -0.4 is 10.5 Å². The number of aryl methyl sites for hydroxylation is 1. The molecular weight excluding hydrogens is 244 g/mol. The molecule has 0 aliphatic heterocycles. The van der Waals surface area contributed by atoms with Crippen molar-refractivity contribution in [3.8, 4) is 5.75 Å². The summed E-state index contributed by atoms with van der Waals surface area (Å²) in [6, 6.07) is 6.04. The van der Waals surface area contributed by atoms with Crippen LogP contribution >= 0.6 is 11.3 Å². The van der Waals surface area contributed by atoms with E-state index in [4.69, 9.17) is 10.5 Å². The van der Waals surface area contributed by atoms with Crippen LogP contribution in [-0.2, 0) is 6.42 Å². The highest BCUT2D eigenvalue weighted by Gasteiger charge is 2.07. The number of rotatable bonds is 6. The van der Waals surface area contributed by atoms with E-state index in [1.54, 1.807) is 18.4 Å². The largest absolute Gasteiger partial charge is 0.497 e. The zero-order valence-electron chi connectivity index (χ0n) is 11.0. The van der Waals surface area contributed by atoms with Gasteiger partial charge in [0.2, 0.25) is 0 Å². The van der Waals surface area contributed by atoms with E-state index < -0.39 is 0 Å². The Hall–Kier alpha value is -1.13. The lowest BCUT2D eigenvalue weighted by molar-refractivity contribution is 0.415. The molecule has 4 heteroatoms. The van der Waals surface area contributed by atoms with E-state index in [2.05, 4.69) is 18.0 Å². The molecule has 2 N–H and O–H groups in total. The average Bonchev–Trinajstić information content (AvgIpc) is 2.78. The Balaban J connectivity index is 2.05. The highest BCUT2D eigenvalue weighted by molar-refractivity contribution is 7.18. The van der Waals surface area contributed by atoms with Gasteiger partial charge >= 0.3 is 0 Å². The first kappa shape index (κ1) is 13.3. The maximum absolute atomic E-state index is 5.56. The van der Waals surface area contributed by atoms with Crippen LogP contribution in [0.25, 0.3) is 10.2 Å². The number of thiazole rings is 1. The molecule has 0 saturated carbocycles. The number of ether oxygens (including phenoxy) is 1. The van der Waals surface area contributed by atoms with Gasteiger partial charge in [0.15, 0.2) is 0 Å². The number of hydrogen-bond acceptors (Lipinski definition) is 4. The molecule has 98 valence electrons. The third-order valence-electron chi connectivity index (χ3n) is 3.15. The molecule has 2 rings (SSSR count). The first-order chi connectivity index (χ1) is 8.72. The van der Waals surface area contributed by atoms with Crippen molar-refractivity contribution in [3.63, 3.8) is 0 Å². The molecule has 1 unspecified atom stereocenters. The Kier molecular flexibility index (Phi) is 4.55. The molecule has 2 aromatic rings. The summed E-state index contributed by atoms with van der Waals surface area (Å²) < 4.78 is 6.43. The molecule has 0 fully saturated rings. The fourth-order valence-electron chi connectivity index (χ4n) is 1.99. The molecule has 18 heavy (non-hydrogen) atoms. The lowest BCUT2D eigenvalue weighted by Crippen LogP contribution is -2.06. The van der Waals surface area contributed by atoms with Gasteiger partial charge in [-0.05, 0) is 49.9 Å². The van der Waals surface area contributed by atoms with E-state index in [-0.39, 0.29) is 0 Å². The van der Waals surface area contributed by atoms with Crippen molar-refractivity contribution in [1.29, 1.82) is 0 Å².